The number of carboxylic acid groups (broad SMARTS) is 1. The summed E-state index contributed by atoms with van der Waals surface area (Å²) in [4.78, 5) is 37.0. The molecule has 9 nitrogen and oxygen atoms in total. The highest BCUT2D eigenvalue weighted by Gasteiger charge is 2.35. The molecule has 0 saturated carbocycles. The van der Waals surface area contributed by atoms with Gasteiger partial charge in [-0.05, 0) is 55.9 Å². The Labute approximate surface area is 193 Å². The number of carboxylic acids is 1. The van der Waals surface area contributed by atoms with Gasteiger partial charge in [-0.3, -0.25) is 9.78 Å². The third-order valence-electron chi connectivity index (χ3n) is 6.11. The predicted octanol–water partition coefficient (Wildman–Crippen LogP) is 3.12. The molecule has 2 amide bonds. The van der Waals surface area contributed by atoms with Crippen LogP contribution in [0.15, 0.2) is 30.6 Å². The summed E-state index contributed by atoms with van der Waals surface area (Å²) in [5, 5.41) is 12.8. The van der Waals surface area contributed by atoms with Gasteiger partial charge >= 0.3 is 12.0 Å². The summed E-state index contributed by atoms with van der Waals surface area (Å²) in [5.41, 5.74) is 2.96. The highest BCUT2D eigenvalue weighted by atomic mass is 16.5. The minimum Gasteiger partial charge on any atom is -0.492 e. The first kappa shape index (κ1) is 22.8. The summed E-state index contributed by atoms with van der Waals surface area (Å²) in [6.45, 7) is 4.99. The maximum Gasteiger partial charge on any atom is 0.320 e. The quantitative estimate of drug-likeness (QED) is 0.569. The molecule has 0 aliphatic carbocycles. The molecule has 0 bridgehead atoms. The normalized spacial score (nSPS) is 16.3. The van der Waals surface area contributed by atoms with Crippen molar-refractivity contribution < 1.29 is 19.4 Å². The topological polar surface area (TPSA) is 108 Å². The van der Waals surface area contributed by atoms with Crippen molar-refractivity contribution in [3.63, 3.8) is 0 Å². The molecule has 2 aromatic rings. The first-order valence-electron chi connectivity index (χ1n) is 11.6. The highest BCUT2D eigenvalue weighted by molar-refractivity contribution is 5.78. The number of hydrogen-bond donors (Lipinski definition) is 2. The Hall–Kier alpha value is -3.36. The minimum absolute atomic E-state index is 0.136. The van der Waals surface area contributed by atoms with Crippen molar-refractivity contribution in [1.82, 2.24) is 19.8 Å². The van der Waals surface area contributed by atoms with E-state index in [1.165, 1.54) is 5.56 Å². The second-order valence-electron chi connectivity index (χ2n) is 8.41. The van der Waals surface area contributed by atoms with Gasteiger partial charge in [-0.2, -0.15) is 0 Å². The molecule has 2 aliphatic rings. The van der Waals surface area contributed by atoms with E-state index in [0.29, 0.717) is 37.6 Å². The van der Waals surface area contributed by atoms with E-state index in [1.54, 1.807) is 28.3 Å². The van der Waals surface area contributed by atoms with E-state index >= 15 is 0 Å². The van der Waals surface area contributed by atoms with Crippen LogP contribution in [0.4, 0.5) is 10.6 Å². The molecule has 0 aromatic carbocycles. The van der Waals surface area contributed by atoms with Crippen LogP contribution in [0.3, 0.4) is 0 Å². The van der Waals surface area contributed by atoms with Gasteiger partial charge in [0, 0.05) is 38.1 Å². The summed E-state index contributed by atoms with van der Waals surface area (Å²) < 4.78 is 5.51. The van der Waals surface area contributed by atoms with Gasteiger partial charge < -0.3 is 25.0 Å². The number of aromatic nitrogens is 2. The summed E-state index contributed by atoms with van der Waals surface area (Å²) in [7, 11) is 0. The van der Waals surface area contributed by atoms with Crippen LogP contribution in [-0.4, -0.2) is 69.7 Å². The highest BCUT2D eigenvalue weighted by Crippen LogP contribution is 2.30. The largest absolute Gasteiger partial charge is 0.492 e. The van der Waals surface area contributed by atoms with E-state index in [4.69, 9.17) is 9.72 Å². The number of carbonyl (C=O) groups is 2. The fraction of sp³-hybridized carbons (Fsp3) is 0.500. The Morgan fingerprint density at radius 2 is 2.18 bits per heavy atom. The molecule has 2 aliphatic heterocycles. The van der Waals surface area contributed by atoms with Gasteiger partial charge in [-0.1, -0.05) is 6.07 Å². The van der Waals surface area contributed by atoms with Crippen molar-refractivity contribution in [3.05, 3.63) is 47.4 Å². The van der Waals surface area contributed by atoms with Gasteiger partial charge in [0.1, 0.15) is 11.6 Å². The fourth-order valence-corrected chi connectivity index (χ4v) is 4.49. The predicted molar refractivity (Wildman–Crippen MR) is 123 cm³/mol. The Morgan fingerprint density at radius 3 is 3.00 bits per heavy atom. The zero-order valence-corrected chi connectivity index (χ0v) is 19.0. The molecular formula is C24H31N5O4. The lowest BCUT2D eigenvalue weighted by Crippen LogP contribution is -2.36. The van der Waals surface area contributed by atoms with Crippen LogP contribution >= 0.6 is 0 Å². The average molecular weight is 454 g/mol. The van der Waals surface area contributed by atoms with Crippen molar-refractivity contribution in [2.45, 2.75) is 45.1 Å². The van der Waals surface area contributed by atoms with Crippen LogP contribution < -0.4 is 10.1 Å². The number of ether oxygens (including phenoxy) is 1. The molecule has 1 atom stereocenters. The molecule has 176 valence electrons. The molecule has 1 saturated heterocycles. The summed E-state index contributed by atoms with van der Waals surface area (Å²) in [6, 6.07) is 5.28. The van der Waals surface area contributed by atoms with Gasteiger partial charge in [-0.15, -0.1) is 0 Å². The number of carbonyl (C=O) groups excluding carboxylic acids is 1. The fourth-order valence-electron chi connectivity index (χ4n) is 4.49. The van der Waals surface area contributed by atoms with Gasteiger partial charge in [-0.25, -0.2) is 9.78 Å². The van der Waals surface area contributed by atoms with Gasteiger partial charge in [0.05, 0.1) is 25.3 Å². The smallest absolute Gasteiger partial charge is 0.320 e. The van der Waals surface area contributed by atoms with Crippen LogP contribution in [0.25, 0.3) is 0 Å². The number of nitrogens with zero attached hydrogens (tertiary/aromatic N) is 4. The Kier molecular flexibility index (Phi) is 7.26. The van der Waals surface area contributed by atoms with Crippen molar-refractivity contribution in [2.75, 3.05) is 38.1 Å². The Morgan fingerprint density at radius 1 is 1.30 bits per heavy atom. The van der Waals surface area contributed by atoms with E-state index in [9.17, 15) is 14.7 Å². The van der Waals surface area contributed by atoms with Crippen LogP contribution in [0, 0.1) is 0 Å². The number of aliphatic carboxylic acids is 1. The summed E-state index contributed by atoms with van der Waals surface area (Å²) in [6.07, 6.45) is 6.82. The number of rotatable bonds is 10. The standard InChI is InChI=1S/C24H31N5O4/c1-2-33-20-13-18(15-25-16-20)21(14-22(30)31)29-12-11-28(24(29)32)10-4-6-19-8-7-17-5-3-9-26-23(17)27-19/h7-8,13,15-16,21H,2-6,9-12,14H2,1H3,(H,26,27)(H,30,31). The third-order valence-corrected chi connectivity index (χ3v) is 6.11. The number of amides is 2. The lowest BCUT2D eigenvalue weighted by Gasteiger charge is -2.27. The monoisotopic (exact) mass is 453 g/mol. The number of nitrogens with one attached hydrogen (secondary N) is 1. The number of anilines is 1. The molecular weight excluding hydrogens is 422 g/mol. The van der Waals surface area contributed by atoms with Crippen molar-refractivity contribution in [3.8, 4) is 5.75 Å². The lowest BCUT2D eigenvalue weighted by atomic mass is 10.0. The van der Waals surface area contributed by atoms with E-state index in [0.717, 1.165) is 43.7 Å². The molecule has 0 spiro atoms. The number of hydrogen-bond acceptors (Lipinski definition) is 6. The maximum atomic E-state index is 13.1. The van der Waals surface area contributed by atoms with Crippen molar-refractivity contribution >= 4 is 17.8 Å². The SMILES string of the molecule is CCOc1cncc(C(CC(=O)O)N2CCN(CCCc3ccc4c(n3)NCCC4)C2=O)c1. The van der Waals surface area contributed by atoms with Gasteiger partial charge in [0.2, 0.25) is 0 Å². The second-order valence-corrected chi connectivity index (χ2v) is 8.41. The molecule has 0 radical (unpaired) electrons. The molecule has 4 heterocycles. The van der Waals surface area contributed by atoms with Gasteiger partial charge in [0.25, 0.3) is 0 Å². The minimum atomic E-state index is -0.958. The van der Waals surface area contributed by atoms with Crippen LogP contribution in [-0.2, 0) is 17.6 Å². The van der Waals surface area contributed by atoms with Gasteiger partial charge in [0.15, 0.2) is 0 Å². The van der Waals surface area contributed by atoms with Crippen LogP contribution in [0.5, 0.6) is 5.75 Å². The van der Waals surface area contributed by atoms with E-state index in [2.05, 4.69) is 22.4 Å². The van der Waals surface area contributed by atoms with Crippen LogP contribution in [0.1, 0.15) is 49.0 Å². The second kappa shape index (κ2) is 10.5. The molecule has 2 aromatic heterocycles. The molecule has 33 heavy (non-hydrogen) atoms. The zero-order valence-electron chi connectivity index (χ0n) is 19.0. The Bertz CT molecular complexity index is 999. The number of pyridine rings is 2. The average Bonchev–Trinajstić information content (AvgIpc) is 3.17. The first-order valence-corrected chi connectivity index (χ1v) is 11.6. The molecule has 4 rings (SSSR count). The van der Waals surface area contributed by atoms with E-state index < -0.39 is 12.0 Å². The number of aryl methyl sites for hydroxylation is 2. The Balaban J connectivity index is 1.38. The maximum absolute atomic E-state index is 13.1. The zero-order chi connectivity index (χ0) is 23.2. The molecule has 2 N–H and O–H groups in total. The van der Waals surface area contributed by atoms with E-state index in [1.807, 2.05) is 6.92 Å². The molecule has 1 unspecified atom stereocenters. The summed E-state index contributed by atoms with van der Waals surface area (Å²) >= 11 is 0. The van der Waals surface area contributed by atoms with Crippen molar-refractivity contribution in [2.24, 2.45) is 0 Å². The number of urea groups is 1. The first-order chi connectivity index (χ1) is 16.0. The van der Waals surface area contributed by atoms with E-state index in [-0.39, 0.29) is 12.5 Å². The summed E-state index contributed by atoms with van der Waals surface area (Å²) in [5.74, 6) is 0.600. The number of fused-ring (bicyclic) bond motifs is 1. The third kappa shape index (κ3) is 5.53. The molecule has 1 fully saturated rings. The lowest BCUT2D eigenvalue weighted by molar-refractivity contribution is -0.138. The van der Waals surface area contributed by atoms with Crippen LogP contribution in [0.2, 0.25) is 0 Å². The molecule has 9 heteroatoms. The van der Waals surface area contributed by atoms with Crippen molar-refractivity contribution in [1.29, 1.82) is 0 Å².